The van der Waals surface area contributed by atoms with Gasteiger partial charge in [-0.2, -0.15) is 8.78 Å². The van der Waals surface area contributed by atoms with Gasteiger partial charge in [0.05, 0.1) is 18.6 Å². The third-order valence-corrected chi connectivity index (χ3v) is 8.57. The summed E-state index contributed by atoms with van der Waals surface area (Å²) in [6.45, 7) is 4.91. The molecule has 0 bridgehead atoms. The molecule has 2 unspecified atom stereocenters. The summed E-state index contributed by atoms with van der Waals surface area (Å²) in [6, 6.07) is 4.76. The smallest absolute Gasteiger partial charge is 0.314 e. The normalized spacial score (nSPS) is 24.8. The van der Waals surface area contributed by atoms with Crippen LogP contribution >= 0.6 is 0 Å². The lowest BCUT2D eigenvalue weighted by atomic mass is 9.73. The van der Waals surface area contributed by atoms with Crippen LogP contribution in [0.15, 0.2) is 18.2 Å². The summed E-state index contributed by atoms with van der Waals surface area (Å²) < 4.78 is 61.9. The number of carbonyl (C=O) groups is 1. The zero-order chi connectivity index (χ0) is 26.8. The molecular weight excluding hydrogens is 493 g/mol. The Bertz CT molecular complexity index is 1160. The van der Waals surface area contributed by atoms with Crippen LogP contribution in [-0.2, 0) is 22.4 Å². The summed E-state index contributed by atoms with van der Waals surface area (Å²) in [7, 11) is 0. The van der Waals surface area contributed by atoms with Crippen LogP contribution in [0, 0.1) is 35.2 Å². The minimum Gasteiger partial charge on any atom is -0.450 e. The first kappa shape index (κ1) is 27.0. The van der Waals surface area contributed by atoms with Gasteiger partial charge < -0.3 is 14.2 Å². The van der Waals surface area contributed by atoms with Crippen molar-refractivity contribution in [3.8, 4) is 17.2 Å². The van der Waals surface area contributed by atoms with E-state index in [-0.39, 0.29) is 23.8 Å². The van der Waals surface area contributed by atoms with E-state index >= 15 is 4.39 Å². The van der Waals surface area contributed by atoms with Crippen LogP contribution in [0.25, 0.3) is 0 Å². The molecule has 0 aromatic heterocycles. The van der Waals surface area contributed by atoms with Gasteiger partial charge in [-0.15, -0.1) is 0 Å². The number of fused-ring (bicyclic) bond motifs is 2. The Morgan fingerprint density at radius 2 is 1.63 bits per heavy atom. The molecule has 2 aliphatic heterocycles. The number of aryl methyl sites for hydroxylation is 1. The Morgan fingerprint density at radius 3 is 2.32 bits per heavy atom. The Kier molecular flexibility index (Phi) is 8.32. The predicted molar refractivity (Wildman–Crippen MR) is 138 cm³/mol. The highest BCUT2D eigenvalue weighted by Crippen LogP contribution is 2.44. The van der Waals surface area contributed by atoms with E-state index in [1.165, 1.54) is 12.5 Å². The number of hydrogen-bond donors (Lipinski definition) is 0. The maximum Gasteiger partial charge on any atom is 0.314 e. The molecule has 0 radical (unpaired) electrons. The van der Waals surface area contributed by atoms with Crippen molar-refractivity contribution in [1.82, 2.24) is 0 Å². The maximum atomic E-state index is 15.0. The van der Waals surface area contributed by atoms with Crippen LogP contribution in [0.4, 0.5) is 13.2 Å². The summed E-state index contributed by atoms with van der Waals surface area (Å²) in [6.07, 6.45) is 9.48. The molecule has 1 saturated heterocycles. The van der Waals surface area contributed by atoms with Crippen molar-refractivity contribution in [2.75, 3.05) is 6.61 Å². The van der Waals surface area contributed by atoms with E-state index in [9.17, 15) is 13.6 Å². The molecule has 2 aromatic carbocycles. The first-order chi connectivity index (χ1) is 18.4. The van der Waals surface area contributed by atoms with Crippen LogP contribution in [0.2, 0.25) is 0 Å². The van der Waals surface area contributed by atoms with Crippen LogP contribution in [0.3, 0.4) is 0 Å². The maximum absolute atomic E-state index is 15.0. The van der Waals surface area contributed by atoms with E-state index in [0.717, 1.165) is 45.1 Å². The molecule has 206 valence electrons. The first-order valence-electron chi connectivity index (χ1n) is 14.2. The molecule has 1 saturated carbocycles. The van der Waals surface area contributed by atoms with E-state index < -0.39 is 29.2 Å². The van der Waals surface area contributed by atoms with Crippen LogP contribution in [0.5, 0.6) is 17.2 Å². The van der Waals surface area contributed by atoms with Crippen molar-refractivity contribution in [3.05, 3.63) is 52.3 Å². The van der Waals surface area contributed by atoms with E-state index in [1.807, 2.05) is 6.92 Å². The Labute approximate surface area is 222 Å². The topological polar surface area (TPSA) is 44.8 Å². The molecule has 7 heteroatoms. The molecular formula is C31H37F3O4. The van der Waals surface area contributed by atoms with Crippen molar-refractivity contribution < 1.29 is 32.2 Å². The zero-order valence-electron chi connectivity index (χ0n) is 22.3. The Balaban J connectivity index is 1.22. The van der Waals surface area contributed by atoms with Crippen molar-refractivity contribution in [2.24, 2.45) is 17.8 Å². The van der Waals surface area contributed by atoms with Gasteiger partial charge in [0.2, 0.25) is 11.6 Å². The lowest BCUT2D eigenvalue weighted by Crippen LogP contribution is -2.34. The Hall–Kier alpha value is -2.54. The van der Waals surface area contributed by atoms with Gasteiger partial charge >= 0.3 is 5.97 Å². The fourth-order valence-corrected chi connectivity index (χ4v) is 6.37. The molecule has 0 spiro atoms. The molecule has 2 aromatic rings. The number of carbonyl (C=O) groups excluding carboxylic acids is 1. The van der Waals surface area contributed by atoms with Gasteiger partial charge in [0, 0.05) is 17.5 Å². The zero-order valence-corrected chi connectivity index (χ0v) is 22.3. The van der Waals surface area contributed by atoms with Crippen molar-refractivity contribution >= 4 is 5.97 Å². The molecule has 0 N–H and O–H groups in total. The van der Waals surface area contributed by atoms with Crippen molar-refractivity contribution in [3.63, 3.8) is 0 Å². The Morgan fingerprint density at radius 1 is 0.895 bits per heavy atom. The minimum absolute atomic E-state index is 0.0625. The van der Waals surface area contributed by atoms with Crippen molar-refractivity contribution in [1.29, 1.82) is 0 Å². The number of hydrogen-bond acceptors (Lipinski definition) is 4. The lowest BCUT2D eigenvalue weighted by molar-refractivity contribution is -0.141. The highest BCUT2D eigenvalue weighted by atomic mass is 19.2. The van der Waals surface area contributed by atoms with Gasteiger partial charge in [-0.05, 0) is 74.8 Å². The van der Waals surface area contributed by atoms with Gasteiger partial charge in [-0.25, -0.2) is 4.39 Å². The van der Waals surface area contributed by atoms with Gasteiger partial charge in [-0.1, -0.05) is 38.8 Å². The second-order valence-corrected chi connectivity index (χ2v) is 11.2. The highest BCUT2D eigenvalue weighted by Gasteiger charge is 2.35. The average Bonchev–Trinajstić information content (AvgIpc) is 2.93. The third-order valence-electron chi connectivity index (χ3n) is 8.57. The molecule has 1 aliphatic carbocycles. The highest BCUT2D eigenvalue weighted by molar-refractivity contribution is 5.75. The predicted octanol–water partition coefficient (Wildman–Crippen LogP) is 8.06. The summed E-state index contributed by atoms with van der Waals surface area (Å²) in [5, 5.41) is 0. The van der Waals surface area contributed by atoms with E-state index in [1.54, 1.807) is 12.1 Å². The molecule has 2 atom stereocenters. The minimum atomic E-state index is -1.29. The van der Waals surface area contributed by atoms with Crippen LogP contribution < -0.4 is 9.47 Å². The summed E-state index contributed by atoms with van der Waals surface area (Å²) in [5.74, 6) is -3.77. The fourth-order valence-electron chi connectivity index (χ4n) is 6.37. The standard InChI is InChI=1S/C31H37F3O4/c1-3-5-19-9-12-21-15-23-16-25(27(33)28(34)30(23)38-29(21)26(19)32)37-31(35)20-10-7-18(8-11-20)22-13-14-24(6-4-2)36-17-22/h9,12,16,18,20,22,24H,3-8,10-11,13-15,17H2,1-2H3. The molecule has 5 rings (SSSR count). The largest absolute Gasteiger partial charge is 0.450 e. The quantitative estimate of drug-likeness (QED) is 0.229. The molecule has 3 aliphatic rings. The second kappa shape index (κ2) is 11.7. The molecule has 4 nitrogen and oxygen atoms in total. The molecule has 38 heavy (non-hydrogen) atoms. The van der Waals surface area contributed by atoms with Gasteiger partial charge in [0.15, 0.2) is 23.1 Å². The number of rotatable bonds is 7. The van der Waals surface area contributed by atoms with Gasteiger partial charge in [0.25, 0.3) is 0 Å². The summed E-state index contributed by atoms with van der Waals surface area (Å²) in [5.41, 5.74) is 1.35. The van der Waals surface area contributed by atoms with Gasteiger partial charge in [-0.3, -0.25) is 4.79 Å². The summed E-state index contributed by atoms with van der Waals surface area (Å²) in [4.78, 5) is 12.9. The number of ether oxygens (including phenoxy) is 3. The number of halogens is 3. The van der Waals surface area contributed by atoms with Crippen LogP contribution in [-0.4, -0.2) is 18.7 Å². The summed E-state index contributed by atoms with van der Waals surface area (Å²) >= 11 is 0. The monoisotopic (exact) mass is 530 g/mol. The lowest BCUT2D eigenvalue weighted by Gasteiger charge is -2.37. The van der Waals surface area contributed by atoms with E-state index in [2.05, 4.69) is 6.92 Å². The SMILES string of the molecule is CCCc1ccc2c(c1F)Oc1c(cc(OC(=O)C3CCC(C4CCC(CCC)OC4)CC3)c(F)c1F)C2. The number of benzene rings is 2. The van der Waals surface area contributed by atoms with Crippen LogP contribution in [0.1, 0.15) is 88.3 Å². The molecule has 2 fully saturated rings. The molecule has 0 amide bonds. The van der Waals surface area contributed by atoms with Gasteiger partial charge in [0.1, 0.15) is 0 Å². The van der Waals surface area contributed by atoms with E-state index in [4.69, 9.17) is 14.2 Å². The first-order valence-corrected chi connectivity index (χ1v) is 14.2. The van der Waals surface area contributed by atoms with E-state index in [0.29, 0.717) is 53.9 Å². The van der Waals surface area contributed by atoms with Crippen molar-refractivity contribution in [2.45, 2.75) is 90.6 Å². The number of esters is 1. The third kappa shape index (κ3) is 5.45. The second-order valence-electron chi connectivity index (χ2n) is 11.2. The average molecular weight is 531 g/mol. The fraction of sp³-hybridized carbons (Fsp3) is 0.581. The molecule has 2 heterocycles.